The summed E-state index contributed by atoms with van der Waals surface area (Å²) in [6.07, 6.45) is 5.23. The Bertz CT molecular complexity index is 1080. The van der Waals surface area contributed by atoms with Crippen molar-refractivity contribution in [2.75, 3.05) is 13.1 Å². The molecule has 2 aromatic heterocycles. The molecule has 2 aliphatic rings. The van der Waals surface area contributed by atoms with E-state index in [1.54, 1.807) is 17.4 Å². The van der Waals surface area contributed by atoms with Crippen LogP contribution in [0.15, 0.2) is 36.8 Å². The van der Waals surface area contributed by atoms with E-state index in [1.807, 2.05) is 35.8 Å². The SMILES string of the molecule is Cc1cn[nH]c1C(=O)N1CCC2(CC1)CC(Cn1cnc3ccccc31)OC2=O. The number of carbonyl (C=O) groups is 2. The number of nitrogens with zero attached hydrogens (tertiary/aromatic N) is 4. The van der Waals surface area contributed by atoms with E-state index in [-0.39, 0.29) is 18.0 Å². The first kappa shape index (κ1) is 17.9. The van der Waals surface area contributed by atoms with Gasteiger partial charge in [0, 0.05) is 19.5 Å². The highest BCUT2D eigenvalue weighted by molar-refractivity contribution is 5.93. The van der Waals surface area contributed by atoms with E-state index in [0.717, 1.165) is 16.6 Å². The third kappa shape index (κ3) is 2.99. The first-order chi connectivity index (χ1) is 14.1. The van der Waals surface area contributed by atoms with Gasteiger partial charge in [-0.1, -0.05) is 12.1 Å². The van der Waals surface area contributed by atoms with Gasteiger partial charge in [-0.15, -0.1) is 0 Å². The second-order valence-corrected chi connectivity index (χ2v) is 8.12. The van der Waals surface area contributed by atoms with Gasteiger partial charge in [-0.3, -0.25) is 14.7 Å². The highest BCUT2D eigenvalue weighted by Gasteiger charge is 2.51. The Hall–Kier alpha value is -3.16. The van der Waals surface area contributed by atoms with Crippen LogP contribution in [0.4, 0.5) is 0 Å². The van der Waals surface area contributed by atoms with Gasteiger partial charge in [0.1, 0.15) is 11.8 Å². The maximum atomic E-state index is 12.7. The fourth-order valence-electron chi connectivity index (χ4n) is 4.58. The van der Waals surface area contributed by atoms with Crippen molar-refractivity contribution in [3.05, 3.63) is 48.0 Å². The van der Waals surface area contributed by atoms with Crippen LogP contribution in [-0.4, -0.2) is 55.7 Å². The van der Waals surface area contributed by atoms with Crippen molar-refractivity contribution in [3.8, 4) is 0 Å². The van der Waals surface area contributed by atoms with Crippen molar-refractivity contribution in [3.63, 3.8) is 0 Å². The Morgan fingerprint density at radius 1 is 1.31 bits per heavy atom. The molecule has 1 amide bonds. The third-order valence-electron chi connectivity index (χ3n) is 6.30. The molecule has 1 unspecified atom stereocenters. The van der Waals surface area contributed by atoms with Crippen LogP contribution < -0.4 is 0 Å². The summed E-state index contributed by atoms with van der Waals surface area (Å²) in [5, 5.41) is 6.71. The zero-order valence-electron chi connectivity index (χ0n) is 16.3. The molecule has 1 aromatic carbocycles. The van der Waals surface area contributed by atoms with Gasteiger partial charge >= 0.3 is 5.97 Å². The van der Waals surface area contributed by atoms with Gasteiger partial charge < -0.3 is 14.2 Å². The Morgan fingerprint density at radius 2 is 2.10 bits per heavy atom. The molecule has 1 spiro atoms. The Balaban J connectivity index is 1.26. The van der Waals surface area contributed by atoms with E-state index in [0.29, 0.717) is 44.6 Å². The molecule has 2 aliphatic heterocycles. The monoisotopic (exact) mass is 393 g/mol. The average Bonchev–Trinajstić information content (AvgIpc) is 3.41. The quantitative estimate of drug-likeness (QED) is 0.689. The van der Waals surface area contributed by atoms with E-state index in [2.05, 4.69) is 15.2 Å². The van der Waals surface area contributed by atoms with Crippen molar-refractivity contribution >= 4 is 22.9 Å². The van der Waals surface area contributed by atoms with Gasteiger partial charge in [0.25, 0.3) is 5.91 Å². The molecule has 2 fully saturated rings. The predicted octanol–water partition coefficient (Wildman–Crippen LogP) is 2.31. The number of amides is 1. The predicted molar refractivity (Wildman–Crippen MR) is 105 cm³/mol. The lowest BCUT2D eigenvalue weighted by atomic mass is 9.76. The number of aromatic amines is 1. The number of aryl methyl sites for hydroxylation is 1. The number of nitrogens with one attached hydrogen (secondary N) is 1. The van der Waals surface area contributed by atoms with Crippen LogP contribution in [0.1, 0.15) is 35.3 Å². The summed E-state index contributed by atoms with van der Waals surface area (Å²) in [6, 6.07) is 7.94. The molecule has 4 heterocycles. The van der Waals surface area contributed by atoms with E-state index in [4.69, 9.17) is 4.74 Å². The molecule has 8 heteroatoms. The fraction of sp³-hybridized carbons (Fsp3) is 0.429. The lowest BCUT2D eigenvalue weighted by Gasteiger charge is -2.36. The molecular formula is C21H23N5O3. The number of fused-ring (bicyclic) bond motifs is 1. The van der Waals surface area contributed by atoms with Crippen LogP contribution in [0, 0.1) is 12.3 Å². The summed E-state index contributed by atoms with van der Waals surface area (Å²) < 4.78 is 7.80. The van der Waals surface area contributed by atoms with Gasteiger partial charge in [-0.05, 0) is 37.5 Å². The number of aromatic nitrogens is 4. The highest BCUT2D eigenvalue weighted by atomic mass is 16.6. The Kier molecular flexibility index (Phi) is 4.15. The molecule has 0 radical (unpaired) electrons. The number of likely N-dealkylation sites (tertiary alicyclic amines) is 1. The molecule has 2 saturated heterocycles. The molecule has 0 bridgehead atoms. The number of hydrogen-bond acceptors (Lipinski definition) is 5. The number of imidazole rings is 1. The summed E-state index contributed by atoms with van der Waals surface area (Å²) in [6.45, 7) is 3.56. The van der Waals surface area contributed by atoms with Crippen molar-refractivity contribution in [2.45, 2.75) is 38.8 Å². The molecule has 1 atom stereocenters. The summed E-state index contributed by atoms with van der Waals surface area (Å²) in [5.74, 6) is -0.181. The lowest BCUT2D eigenvalue weighted by molar-refractivity contribution is -0.150. The summed E-state index contributed by atoms with van der Waals surface area (Å²) >= 11 is 0. The number of para-hydroxylation sites is 2. The van der Waals surface area contributed by atoms with E-state index >= 15 is 0 Å². The summed E-state index contributed by atoms with van der Waals surface area (Å²) in [7, 11) is 0. The highest BCUT2D eigenvalue weighted by Crippen LogP contribution is 2.43. The molecule has 150 valence electrons. The largest absolute Gasteiger partial charge is 0.460 e. The number of H-pyrrole nitrogens is 1. The van der Waals surface area contributed by atoms with Crippen molar-refractivity contribution in [1.29, 1.82) is 0 Å². The fourth-order valence-corrected chi connectivity index (χ4v) is 4.58. The maximum absolute atomic E-state index is 12.7. The zero-order chi connectivity index (χ0) is 20.0. The normalized spacial score (nSPS) is 21.1. The van der Waals surface area contributed by atoms with Crippen molar-refractivity contribution < 1.29 is 14.3 Å². The van der Waals surface area contributed by atoms with E-state index < -0.39 is 5.41 Å². The van der Waals surface area contributed by atoms with Gasteiger partial charge in [-0.2, -0.15) is 5.10 Å². The van der Waals surface area contributed by atoms with E-state index in [1.165, 1.54) is 0 Å². The minimum absolute atomic E-state index is 0.0531. The number of hydrogen-bond donors (Lipinski definition) is 1. The lowest BCUT2D eigenvalue weighted by Crippen LogP contribution is -2.45. The summed E-state index contributed by atoms with van der Waals surface area (Å²) in [4.78, 5) is 31.7. The number of ether oxygens (including phenoxy) is 1. The van der Waals surface area contributed by atoms with Crippen molar-refractivity contribution in [2.24, 2.45) is 5.41 Å². The third-order valence-corrected chi connectivity index (χ3v) is 6.30. The standard InChI is InChI=1S/C21H23N5O3/c1-14-11-23-24-18(14)19(27)25-8-6-21(7-9-25)10-15(29-20(21)28)12-26-13-22-16-4-2-3-5-17(16)26/h2-5,11,13,15H,6-10,12H2,1H3,(H,23,24). The van der Waals surface area contributed by atoms with Crippen LogP contribution >= 0.6 is 0 Å². The molecule has 5 rings (SSSR count). The number of cyclic esters (lactones) is 1. The maximum Gasteiger partial charge on any atom is 0.312 e. The summed E-state index contributed by atoms with van der Waals surface area (Å²) in [5.41, 5.74) is 2.86. The van der Waals surface area contributed by atoms with Crippen molar-refractivity contribution in [1.82, 2.24) is 24.6 Å². The molecule has 8 nitrogen and oxygen atoms in total. The Labute approximate surface area is 167 Å². The molecule has 29 heavy (non-hydrogen) atoms. The molecule has 0 saturated carbocycles. The topological polar surface area (TPSA) is 93.1 Å². The minimum Gasteiger partial charge on any atom is -0.460 e. The minimum atomic E-state index is -0.485. The number of rotatable bonds is 3. The average molecular weight is 393 g/mol. The van der Waals surface area contributed by atoms with Gasteiger partial charge in [0.05, 0.1) is 35.5 Å². The molecule has 3 aromatic rings. The van der Waals surface area contributed by atoms with Crippen LogP contribution in [0.5, 0.6) is 0 Å². The van der Waals surface area contributed by atoms with Gasteiger partial charge in [0.15, 0.2) is 0 Å². The van der Waals surface area contributed by atoms with E-state index in [9.17, 15) is 9.59 Å². The number of piperidine rings is 1. The number of carbonyl (C=O) groups excluding carboxylic acids is 2. The van der Waals surface area contributed by atoms with Crippen LogP contribution in [0.2, 0.25) is 0 Å². The first-order valence-corrected chi connectivity index (χ1v) is 9.96. The number of esters is 1. The number of benzene rings is 1. The van der Waals surface area contributed by atoms with Crippen LogP contribution in [-0.2, 0) is 16.1 Å². The van der Waals surface area contributed by atoms with Gasteiger partial charge in [-0.25, -0.2) is 4.98 Å². The van der Waals surface area contributed by atoms with Gasteiger partial charge in [0.2, 0.25) is 0 Å². The molecular weight excluding hydrogens is 370 g/mol. The second-order valence-electron chi connectivity index (χ2n) is 8.12. The van der Waals surface area contributed by atoms with Crippen LogP contribution in [0.3, 0.4) is 0 Å². The molecule has 0 aliphatic carbocycles. The molecule has 1 N–H and O–H groups in total. The zero-order valence-corrected chi connectivity index (χ0v) is 16.3. The smallest absolute Gasteiger partial charge is 0.312 e. The second kappa shape index (κ2) is 6.72. The first-order valence-electron chi connectivity index (χ1n) is 9.96. The van der Waals surface area contributed by atoms with Crippen LogP contribution in [0.25, 0.3) is 11.0 Å². The Morgan fingerprint density at radius 3 is 2.86 bits per heavy atom.